The van der Waals surface area contributed by atoms with Crippen LogP contribution >= 0.6 is 11.3 Å². The number of amides is 1. The minimum absolute atomic E-state index is 0.254. The van der Waals surface area contributed by atoms with Crippen LogP contribution < -0.4 is 10.6 Å². The minimum atomic E-state index is 0.254. The summed E-state index contributed by atoms with van der Waals surface area (Å²) in [6.07, 6.45) is 5.38. The predicted octanol–water partition coefficient (Wildman–Crippen LogP) is 2.45. The van der Waals surface area contributed by atoms with Crippen molar-refractivity contribution >= 4 is 23.2 Å². The summed E-state index contributed by atoms with van der Waals surface area (Å²) in [5.41, 5.74) is 0. The van der Waals surface area contributed by atoms with E-state index in [-0.39, 0.29) is 5.91 Å². The molecule has 1 atom stereocenters. The number of rotatable bonds is 8. The average Bonchev–Trinajstić information content (AvgIpc) is 3.44. The molecule has 150 valence electrons. The lowest BCUT2D eigenvalue weighted by Gasteiger charge is -2.25. The number of likely N-dealkylation sites (tertiary alicyclic amines) is 2. The fraction of sp³-hybridized carbons (Fsp3) is 0.700. The summed E-state index contributed by atoms with van der Waals surface area (Å²) >= 11 is 1.82. The van der Waals surface area contributed by atoms with Crippen LogP contribution in [-0.4, -0.2) is 67.5 Å². The average molecular weight is 392 g/mol. The van der Waals surface area contributed by atoms with Gasteiger partial charge in [0.15, 0.2) is 5.96 Å². The summed E-state index contributed by atoms with van der Waals surface area (Å²) in [6.45, 7) is 8.43. The minimum Gasteiger partial charge on any atom is -0.357 e. The summed E-state index contributed by atoms with van der Waals surface area (Å²) in [6, 6.07) is 4.70. The summed E-state index contributed by atoms with van der Waals surface area (Å²) in [5.74, 6) is 1.07. The van der Waals surface area contributed by atoms with E-state index in [1.807, 2.05) is 16.2 Å². The number of hydrogen-bond donors (Lipinski definition) is 2. The zero-order chi connectivity index (χ0) is 18.9. The van der Waals surface area contributed by atoms with Crippen molar-refractivity contribution < 1.29 is 4.79 Å². The van der Waals surface area contributed by atoms with Gasteiger partial charge in [-0.3, -0.25) is 14.7 Å². The molecule has 2 N–H and O–H groups in total. The number of aliphatic imine (C=N–C) groups is 1. The van der Waals surface area contributed by atoms with Crippen LogP contribution in [0.15, 0.2) is 22.5 Å². The first-order valence-corrected chi connectivity index (χ1v) is 11.2. The summed E-state index contributed by atoms with van der Waals surface area (Å²) in [5, 5.41) is 8.81. The smallest absolute Gasteiger partial charge is 0.224 e. The van der Waals surface area contributed by atoms with Crippen LogP contribution in [-0.2, 0) is 4.79 Å². The number of nitrogens with one attached hydrogen (secondary N) is 2. The number of guanidine groups is 1. The van der Waals surface area contributed by atoms with Crippen molar-refractivity contribution in [1.82, 2.24) is 20.4 Å². The van der Waals surface area contributed by atoms with Gasteiger partial charge in [-0.25, -0.2) is 0 Å². The van der Waals surface area contributed by atoms with Crippen molar-refractivity contribution in [3.05, 3.63) is 22.4 Å². The third-order valence-corrected chi connectivity index (χ3v) is 6.28. The van der Waals surface area contributed by atoms with Crippen molar-refractivity contribution in [1.29, 1.82) is 0 Å². The highest BCUT2D eigenvalue weighted by Crippen LogP contribution is 2.28. The van der Waals surface area contributed by atoms with E-state index in [0.29, 0.717) is 19.0 Å². The van der Waals surface area contributed by atoms with Crippen molar-refractivity contribution in [2.75, 3.05) is 45.8 Å². The molecule has 1 aromatic heterocycles. The highest BCUT2D eigenvalue weighted by Gasteiger charge is 2.24. The van der Waals surface area contributed by atoms with Crippen LogP contribution in [0.3, 0.4) is 0 Å². The Balaban J connectivity index is 1.53. The third kappa shape index (κ3) is 5.94. The molecule has 7 heteroatoms. The van der Waals surface area contributed by atoms with Crippen molar-refractivity contribution in [2.45, 2.75) is 45.1 Å². The Morgan fingerprint density at radius 3 is 2.59 bits per heavy atom. The Morgan fingerprint density at radius 1 is 1.19 bits per heavy atom. The monoisotopic (exact) mass is 391 g/mol. The van der Waals surface area contributed by atoms with E-state index in [4.69, 9.17) is 4.99 Å². The predicted molar refractivity (Wildman–Crippen MR) is 112 cm³/mol. The van der Waals surface area contributed by atoms with Gasteiger partial charge in [-0.2, -0.15) is 0 Å². The van der Waals surface area contributed by atoms with Gasteiger partial charge in [0.2, 0.25) is 5.91 Å². The Labute approximate surface area is 167 Å². The van der Waals surface area contributed by atoms with Gasteiger partial charge in [-0.05, 0) is 57.1 Å². The molecule has 1 aromatic rings. The van der Waals surface area contributed by atoms with Gasteiger partial charge in [0, 0.05) is 37.5 Å². The van der Waals surface area contributed by atoms with Gasteiger partial charge in [-0.1, -0.05) is 6.07 Å². The molecule has 0 spiro atoms. The second kappa shape index (κ2) is 10.7. The molecule has 3 rings (SSSR count). The largest absolute Gasteiger partial charge is 0.357 e. The number of carbonyl (C=O) groups is 1. The van der Waals surface area contributed by atoms with Crippen LogP contribution in [0, 0.1) is 0 Å². The number of nitrogens with zero attached hydrogens (tertiary/aromatic N) is 3. The van der Waals surface area contributed by atoms with Crippen LogP contribution in [0.2, 0.25) is 0 Å². The van der Waals surface area contributed by atoms with E-state index in [2.05, 4.69) is 40.0 Å². The molecule has 3 heterocycles. The van der Waals surface area contributed by atoms with Crippen LogP contribution in [0.5, 0.6) is 0 Å². The highest BCUT2D eigenvalue weighted by molar-refractivity contribution is 7.10. The molecule has 1 amide bonds. The Morgan fingerprint density at radius 2 is 1.93 bits per heavy atom. The molecule has 0 aromatic carbocycles. The van der Waals surface area contributed by atoms with Crippen molar-refractivity contribution in [3.8, 4) is 0 Å². The quantitative estimate of drug-likeness (QED) is 0.528. The van der Waals surface area contributed by atoms with Crippen LogP contribution in [0.25, 0.3) is 0 Å². The molecular weight excluding hydrogens is 358 g/mol. The molecule has 2 aliphatic rings. The first-order valence-electron chi connectivity index (χ1n) is 10.4. The van der Waals surface area contributed by atoms with Crippen LogP contribution in [0.4, 0.5) is 0 Å². The highest BCUT2D eigenvalue weighted by atomic mass is 32.1. The van der Waals surface area contributed by atoms with Gasteiger partial charge in [-0.15, -0.1) is 11.3 Å². The topological polar surface area (TPSA) is 60.0 Å². The normalized spacial score (nSPS) is 19.4. The first kappa shape index (κ1) is 20.1. The van der Waals surface area contributed by atoms with Crippen molar-refractivity contribution in [3.63, 3.8) is 0 Å². The van der Waals surface area contributed by atoms with E-state index >= 15 is 0 Å². The fourth-order valence-electron chi connectivity index (χ4n) is 3.85. The number of thiophene rings is 1. The number of hydrogen-bond acceptors (Lipinski definition) is 4. The maximum atomic E-state index is 12.2. The van der Waals surface area contributed by atoms with Crippen LogP contribution in [0.1, 0.15) is 49.9 Å². The SMILES string of the molecule is CCNC(=NCC(c1cccs1)N1CCCC1)NCCC(=O)N1CCCC1. The standard InChI is InChI=1S/C20H33N5OS/c1-2-21-20(22-10-9-19(26)25-13-5-6-14-25)23-16-17(18-8-7-15-27-18)24-11-3-4-12-24/h7-8,15,17H,2-6,9-14,16H2,1H3,(H2,21,22,23). The second-order valence-electron chi connectivity index (χ2n) is 7.26. The van der Waals surface area contributed by atoms with E-state index in [9.17, 15) is 4.79 Å². The molecule has 2 fully saturated rings. The second-order valence-corrected chi connectivity index (χ2v) is 8.24. The number of carbonyl (C=O) groups excluding carboxylic acids is 1. The molecule has 0 saturated carbocycles. The lowest BCUT2D eigenvalue weighted by Crippen LogP contribution is -2.40. The van der Waals surface area contributed by atoms with E-state index in [1.54, 1.807) is 0 Å². The van der Waals surface area contributed by atoms with Gasteiger partial charge in [0.25, 0.3) is 0 Å². The summed E-state index contributed by atoms with van der Waals surface area (Å²) < 4.78 is 0. The van der Waals surface area contributed by atoms with Gasteiger partial charge < -0.3 is 15.5 Å². The zero-order valence-corrected chi connectivity index (χ0v) is 17.3. The summed E-state index contributed by atoms with van der Waals surface area (Å²) in [4.78, 5) is 23.0. The maximum absolute atomic E-state index is 12.2. The van der Waals surface area contributed by atoms with Gasteiger partial charge >= 0.3 is 0 Å². The fourth-order valence-corrected chi connectivity index (χ4v) is 4.70. The van der Waals surface area contributed by atoms with E-state index in [0.717, 1.165) is 58.1 Å². The molecule has 0 radical (unpaired) electrons. The Hall–Kier alpha value is -1.60. The molecule has 2 saturated heterocycles. The molecule has 1 unspecified atom stereocenters. The first-order chi connectivity index (χ1) is 13.3. The zero-order valence-electron chi connectivity index (χ0n) is 16.5. The van der Waals surface area contributed by atoms with E-state index < -0.39 is 0 Å². The summed E-state index contributed by atoms with van der Waals surface area (Å²) in [7, 11) is 0. The Bertz CT molecular complexity index is 592. The molecule has 6 nitrogen and oxygen atoms in total. The van der Waals surface area contributed by atoms with Crippen molar-refractivity contribution in [2.24, 2.45) is 4.99 Å². The van der Waals surface area contributed by atoms with Gasteiger partial charge in [0.1, 0.15) is 0 Å². The lowest BCUT2D eigenvalue weighted by atomic mass is 10.2. The molecule has 2 aliphatic heterocycles. The lowest BCUT2D eigenvalue weighted by molar-refractivity contribution is -0.129. The van der Waals surface area contributed by atoms with E-state index in [1.165, 1.54) is 17.7 Å². The van der Waals surface area contributed by atoms with Gasteiger partial charge in [0.05, 0.1) is 12.6 Å². The maximum Gasteiger partial charge on any atom is 0.224 e. The molecule has 0 bridgehead atoms. The molecule has 27 heavy (non-hydrogen) atoms. The molecule has 0 aliphatic carbocycles. The third-order valence-electron chi connectivity index (χ3n) is 5.31. The Kier molecular flexibility index (Phi) is 7.95. The molecular formula is C20H33N5OS.